The number of nitrogen functional groups attached to an aromatic ring is 1. The van der Waals surface area contributed by atoms with Crippen LogP contribution in [0.3, 0.4) is 0 Å². The Hall–Kier alpha value is -1.62. The number of carbonyl (C=O) groups excluding carboxylic acids is 1. The van der Waals surface area contributed by atoms with Gasteiger partial charge in [0.05, 0.1) is 11.7 Å². The SMILES string of the molecule is COC1CCCN(C(=O)c2cnccc2N)C1. The van der Waals surface area contributed by atoms with Gasteiger partial charge in [0.1, 0.15) is 0 Å². The van der Waals surface area contributed by atoms with Crippen LogP contribution in [0.2, 0.25) is 0 Å². The molecule has 0 radical (unpaired) electrons. The maximum absolute atomic E-state index is 12.2. The molecule has 1 amide bonds. The average Bonchev–Trinajstić information content (AvgIpc) is 2.38. The van der Waals surface area contributed by atoms with E-state index in [-0.39, 0.29) is 12.0 Å². The van der Waals surface area contributed by atoms with Gasteiger partial charge in [-0.3, -0.25) is 9.78 Å². The highest BCUT2D eigenvalue weighted by Crippen LogP contribution is 2.18. The van der Waals surface area contributed by atoms with E-state index in [9.17, 15) is 4.79 Å². The Balaban J connectivity index is 2.12. The molecule has 0 bridgehead atoms. The van der Waals surface area contributed by atoms with E-state index < -0.39 is 0 Å². The number of methoxy groups -OCH3 is 1. The molecule has 0 aliphatic carbocycles. The predicted molar refractivity (Wildman–Crippen MR) is 64.6 cm³/mol. The molecular weight excluding hydrogens is 218 g/mol. The summed E-state index contributed by atoms with van der Waals surface area (Å²) in [7, 11) is 1.68. The van der Waals surface area contributed by atoms with Gasteiger partial charge in [0, 0.05) is 38.3 Å². The first-order valence-electron chi connectivity index (χ1n) is 5.74. The lowest BCUT2D eigenvalue weighted by atomic mass is 10.1. The number of ether oxygens (including phenoxy) is 1. The Morgan fingerprint density at radius 1 is 1.65 bits per heavy atom. The summed E-state index contributed by atoms with van der Waals surface area (Å²) in [4.78, 5) is 18.0. The third-order valence-corrected chi connectivity index (χ3v) is 3.08. The van der Waals surface area contributed by atoms with Gasteiger partial charge in [-0.25, -0.2) is 0 Å². The van der Waals surface area contributed by atoms with Crippen molar-refractivity contribution < 1.29 is 9.53 Å². The van der Waals surface area contributed by atoms with E-state index in [1.54, 1.807) is 24.3 Å². The summed E-state index contributed by atoms with van der Waals surface area (Å²) in [5.41, 5.74) is 6.73. The monoisotopic (exact) mass is 235 g/mol. The van der Waals surface area contributed by atoms with Gasteiger partial charge >= 0.3 is 0 Å². The average molecular weight is 235 g/mol. The molecule has 1 saturated heterocycles. The number of carbonyl (C=O) groups is 1. The third kappa shape index (κ3) is 2.55. The number of anilines is 1. The smallest absolute Gasteiger partial charge is 0.257 e. The first kappa shape index (κ1) is 11.9. The molecule has 2 heterocycles. The van der Waals surface area contributed by atoms with E-state index in [4.69, 9.17) is 10.5 Å². The van der Waals surface area contributed by atoms with Crippen LogP contribution in [0.15, 0.2) is 18.5 Å². The van der Waals surface area contributed by atoms with Crippen LogP contribution in [0, 0.1) is 0 Å². The number of likely N-dealkylation sites (tertiary alicyclic amines) is 1. The van der Waals surface area contributed by atoms with E-state index in [0.29, 0.717) is 17.8 Å². The molecule has 17 heavy (non-hydrogen) atoms. The molecule has 1 aliphatic rings. The maximum atomic E-state index is 12.2. The van der Waals surface area contributed by atoms with Gasteiger partial charge in [-0.1, -0.05) is 0 Å². The van der Waals surface area contributed by atoms with Gasteiger partial charge in [-0.2, -0.15) is 0 Å². The predicted octanol–water partition coefficient (Wildman–Crippen LogP) is 0.915. The fraction of sp³-hybridized carbons (Fsp3) is 0.500. The lowest BCUT2D eigenvalue weighted by molar-refractivity contribution is 0.0269. The van der Waals surface area contributed by atoms with Crippen molar-refractivity contribution in [1.29, 1.82) is 0 Å². The molecule has 5 heteroatoms. The van der Waals surface area contributed by atoms with Crippen LogP contribution in [0.1, 0.15) is 23.2 Å². The molecule has 1 fully saturated rings. The van der Waals surface area contributed by atoms with Crippen molar-refractivity contribution in [3.8, 4) is 0 Å². The zero-order chi connectivity index (χ0) is 12.3. The number of hydrogen-bond acceptors (Lipinski definition) is 4. The minimum absolute atomic E-state index is 0.0580. The Morgan fingerprint density at radius 3 is 3.18 bits per heavy atom. The van der Waals surface area contributed by atoms with Crippen LogP contribution in [0.25, 0.3) is 0 Å². The molecule has 1 atom stereocenters. The standard InChI is InChI=1S/C12H17N3O2/c1-17-9-3-2-6-15(8-9)12(16)10-7-14-5-4-11(10)13/h4-5,7,9H,2-3,6,8H2,1H3,(H2,13,14). The molecule has 0 aromatic carbocycles. The van der Waals surface area contributed by atoms with Crippen molar-refractivity contribution in [2.45, 2.75) is 18.9 Å². The summed E-state index contributed by atoms with van der Waals surface area (Å²) < 4.78 is 5.30. The molecule has 1 unspecified atom stereocenters. The molecule has 5 nitrogen and oxygen atoms in total. The second-order valence-electron chi connectivity index (χ2n) is 4.21. The maximum Gasteiger partial charge on any atom is 0.257 e. The lowest BCUT2D eigenvalue weighted by Gasteiger charge is -2.32. The van der Waals surface area contributed by atoms with E-state index in [1.807, 2.05) is 0 Å². The summed E-state index contributed by atoms with van der Waals surface area (Å²) in [6, 6.07) is 1.64. The van der Waals surface area contributed by atoms with E-state index in [0.717, 1.165) is 19.4 Å². The van der Waals surface area contributed by atoms with Crippen molar-refractivity contribution in [2.75, 3.05) is 25.9 Å². The summed E-state index contributed by atoms with van der Waals surface area (Å²) >= 11 is 0. The highest BCUT2D eigenvalue weighted by Gasteiger charge is 2.25. The first-order chi connectivity index (χ1) is 8.22. The fourth-order valence-electron chi connectivity index (χ4n) is 2.07. The third-order valence-electron chi connectivity index (χ3n) is 3.08. The van der Waals surface area contributed by atoms with Gasteiger partial charge in [-0.05, 0) is 18.9 Å². The van der Waals surface area contributed by atoms with Crippen LogP contribution in [0.4, 0.5) is 5.69 Å². The van der Waals surface area contributed by atoms with Gasteiger partial charge in [-0.15, -0.1) is 0 Å². The zero-order valence-corrected chi connectivity index (χ0v) is 9.93. The lowest BCUT2D eigenvalue weighted by Crippen LogP contribution is -2.43. The topological polar surface area (TPSA) is 68.5 Å². The van der Waals surface area contributed by atoms with Crippen LogP contribution >= 0.6 is 0 Å². The molecule has 2 N–H and O–H groups in total. The normalized spacial score (nSPS) is 20.3. The number of nitrogens with two attached hydrogens (primary N) is 1. The van der Waals surface area contributed by atoms with Crippen molar-refractivity contribution in [2.24, 2.45) is 0 Å². The number of rotatable bonds is 2. The second kappa shape index (κ2) is 5.14. The van der Waals surface area contributed by atoms with Crippen LogP contribution in [-0.2, 0) is 4.74 Å². The van der Waals surface area contributed by atoms with Crippen molar-refractivity contribution >= 4 is 11.6 Å². The van der Waals surface area contributed by atoms with Crippen LogP contribution < -0.4 is 5.73 Å². The van der Waals surface area contributed by atoms with E-state index >= 15 is 0 Å². The number of nitrogens with zero attached hydrogens (tertiary/aromatic N) is 2. The summed E-state index contributed by atoms with van der Waals surface area (Å²) in [6.45, 7) is 1.39. The van der Waals surface area contributed by atoms with Crippen molar-refractivity contribution in [3.63, 3.8) is 0 Å². The van der Waals surface area contributed by atoms with Gasteiger partial charge in [0.25, 0.3) is 5.91 Å². The highest BCUT2D eigenvalue weighted by molar-refractivity contribution is 5.98. The minimum atomic E-state index is -0.0580. The van der Waals surface area contributed by atoms with E-state index in [1.165, 1.54) is 6.20 Å². The minimum Gasteiger partial charge on any atom is -0.398 e. The zero-order valence-electron chi connectivity index (χ0n) is 9.93. The fourth-order valence-corrected chi connectivity index (χ4v) is 2.07. The van der Waals surface area contributed by atoms with E-state index in [2.05, 4.69) is 4.98 Å². The summed E-state index contributed by atoms with van der Waals surface area (Å²) in [5.74, 6) is -0.0580. The Morgan fingerprint density at radius 2 is 2.47 bits per heavy atom. The quantitative estimate of drug-likeness (QED) is 0.827. The molecule has 1 aromatic heterocycles. The van der Waals surface area contributed by atoms with Crippen molar-refractivity contribution in [3.05, 3.63) is 24.0 Å². The number of aromatic nitrogens is 1. The largest absolute Gasteiger partial charge is 0.398 e. The summed E-state index contributed by atoms with van der Waals surface area (Å²) in [6.07, 6.45) is 5.20. The summed E-state index contributed by atoms with van der Waals surface area (Å²) in [5, 5.41) is 0. The molecule has 1 aliphatic heterocycles. The molecule has 0 spiro atoms. The van der Waals surface area contributed by atoms with Crippen LogP contribution in [0.5, 0.6) is 0 Å². The molecule has 1 aromatic rings. The Bertz CT molecular complexity index is 408. The van der Waals surface area contributed by atoms with Crippen molar-refractivity contribution in [1.82, 2.24) is 9.88 Å². The highest BCUT2D eigenvalue weighted by atomic mass is 16.5. The molecular formula is C12H17N3O2. The first-order valence-corrected chi connectivity index (χ1v) is 5.74. The Labute approximate surface area is 101 Å². The molecule has 2 rings (SSSR count). The number of pyridine rings is 1. The van der Waals surface area contributed by atoms with Gasteiger partial charge < -0.3 is 15.4 Å². The molecule has 0 saturated carbocycles. The molecule has 92 valence electrons. The Kier molecular flexibility index (Phi) is 3.58. The number of amides is 1. The van der Waals surface area contributed by atoms with Gasteiger partial charge in [0.2, 0.25) is 0 Å². The van der Waals surface area contributed by atoms with Crippen LogP contribution in [-0.4, -0.2) is 42.1 Å². The second-order valence-corrected chi connectivity index (χ2v) is 4.21. The number of hydrogen-bond donors (Lipinski definition) is 1. The number of piperidine rings is 1. The van der Waals surface area contributed by atoms with Gasteiger partial charge in [0.15, 0.2) is 0 Å².